The van der Waals surface area contributed by atoms with Crippen LogP contribution < -0.4 is 10.1 Å². The standard InChI is InChI=1S/C25H20ClF2N3O2S/c1-16-2-4-17(5-3-16)22-14-29-25(31(22)20-10-12-21(13-11-20)33-24(27)28)34-15-23(32)30-19-8-6-18(26)7-9-19/h2-14,24H,15H2,1H3,(H,30,32). The van der Waals surface area contributed by atoms with Gasteiger partial charge in [-0.2, -0.15) is 8.78 Å². The van der Waals surface area contributed by atoms with E-state index in [-0.39, 0.29) is 17.4 Å². The van der Waals surface area contributed by atoms with Crippen molar-refractivity contribution < 1.29 is 18.3 Å². The van der Waals surface area contributed by atoms with Crippen molar-refractivity contribution in [1.29, 1.82) is 0 Å². The average Bonchev–Trinajstić information content (AvgIpc) is 3.24. The highest BCUT2D eigenvalue weighted by Crippen LogP contribution is 2.31. The normalized spacial score (nSPS) is 11.0. The molecule has 0 aliphatic carbocycles. The molecule has 0 aliphatic heterocycles. The SMILES string of the molecule is Cc1ccc(-c2cnc(SCC(=O)Nc3ccc(Cl)cc3)n2-c2ccc(OC(F)F)cc2)cc1. The van der Waals surface area contributed by atoms with Gasteiger partial charge in [0.15, 0.2) is 5.16 Å². The number of hydrogen-bond donors (Lipinski definition) is 1. The maximum Gasteiger partial charge on any atom is 0.387 e. The summed E-state index contributed by atoms with van der Waals surface area (Å²) >= 11 is 7.16. The van der Waals surface area contributed by atoms with E-state index < -0.39 is 6.61 Å². The van der Waals surface area contributed by atoms with E-state index in [4.69, 9.17) is 11.6 Å². The van der Waals surface area contributed by atoms with Crippen molar-refractivity contribution in [2.75, 3.05) is 11.1 Å². The minimum atomic E-state index is -2.90. The number of nitrogens with zero attached hydrogens (tertiary/aromatic N) is 2. The lowest BCUT2D eigenvalue weighted by Crippen LogP contribution is -2.14. The summed E-state index contributed by atoms with van der Waals surface area (Å²) < 4.78 is 31.4. The zero-order valence-electron chi connectivity index (χ0n) is 18.0. The first kappa shape index (κ1) is 23.8. The van der Waals surface area contributed by atoms with Gasteiger partial charge in [0.1, 0.15) is 5.75 Å². The number of anilines is 1. The van der Waals surface area contributed by atoms with Crippen molar-refractivity contribution in [3.8, 4) is 22.7 Å². The van der Waals surface area contributed by atoms with E-state index in [0.717, 1.165) is 16.8 Å². The maximum atomic E-state index is 12.5. The van der Waals surface area contributed by atoms with Gasteiger partial charge in [-0.25, -0.2) is 4.98 Å². The number of amides is 1. The molecule has 0 spiro atoms. The molecule has 0 fully saturated rings. The lowest BCUT2D eigenvalue weighted by Gasteiger charge is -2.13. The van der Waals surface area contributed by atoms with Crippen molar-refractivity contribution in [3.05, 3.63) is 89.6 Å². The summed E-state index contributed by atoms with van der Waals surface area (Å²) in [6.45, 7) is -0.892. The molecule has 0 saturated heterocycles. The van der Waals surface area contributed by atoms with Crippen LogP contribution in [0.1, 0.15) is 5.56 Å². The third-order valence-corrected chi connectivity index (χ3v) is 6.06. The smallest absolute Gasteiger partial charge is 0.387 e. The number of alkyl halides is 2. The predicted octanol–water partition coefficient (Wildman–Crippen LogP) is 6.83. The molecule has 5 nitrogen and oxygen atoms in total. The highest BCUT2D eigenvalue weighted by Gasteiger charge is 2.16. The van der Waals surface area contributed by atoms with Crippen LogP contribution >= 0.6 is 23.4 Å². The van der Waals surface area contributed by atoms with E-state index in [1.165, 1.54) is 23.9 Å². The second kappa shape index (κ2) is 10.7. The fourth-order valence-electron chi connectivity index (χ4n) is 3.25. The van der Waals surface area contributed by atoms with Crippen molar-refractivity contribution in [3.63, 3.8) is 0 Å². The first-order valence-corrected chi connectivity index (χ1v) is 11.6. The summed E-state index contributed by atoms with van der Waals surface area (Å²) in [7, 11) is 0. The lowest BCUT2D eigenvalue weighted by atomic mass is 10.1. The van der Waals surface area contributed by atoms with Gasteiger partial charge in [0.05, 0.1) is 17.6 Å². The van der Waals surface area contributed by atoms with Gasteiger partial charge in [0, 0.05) is 22.0 Å². The molecule has 1 heterocycles. The molecule has 0 saturated carbocycles. The van der Waals surface area contributed by atoms with Gasteiger partial charge in [0.2, 0.25) is 5.91 Å². The van der Waals surface area contributed by atoms with Gasteiger partial charge in [-0.05, 0) is 55.5 Å². The Morgan fingerprint density at radius 2 is 1.74 bits per heavy atom. The topological polar surface area (TPSA) is 56.2 Å². The number of carbonyl (C=O) groups excluding carboxylic acids is 1. The molecule has 0 radical (unpaired) electrons. The van der Waals surface area contributed by atoms with E-state index in [1.54, 1.807) is 42.6 Å². The molecule has 1 aromatic heterocycles. The minimum absolute atomic E-state index is 0.0623. The summed E-state index contributed by atoms with van der Waals surface area (Å²) in [5, 5.41) is 4.00. The van der Waals surface area contributed by atoms with Crippen molar-refractivity contribution >= 4 is 35.0 Å². The minimum Gasteiger partial charge on any atom is -0.435 e. The van der Waals surface area contributed by atoms with Crippen LogP contribution in [0.2, 0.25) is 5.02 Å². The van der Waals surface area contributed by atoms with Crippen LogP contribution in [0.15, 0.2) is 84.1 Å². The summed E-state index contributed by atoms with van der Waals surface area (Å²) in [5.74, 6) is -0.00809. The van der Waals surface area contributed by atoms with E-state index in [1.807, 2.05) is 35.8 Å². The summed E-state index contributed by atoms with van der Waals surface area (Å²) in [5.41, 5.74) is 4.21. The van der Waals surface area contributed by atoms with Crippen LogP contribution in [-0.2, 0) is 4.79 Å². The van der Waals surface area contributed by atoms with E-state index in [9.17, 15) is 13.6 Å². The molecule has 1 N–H and O–H groups in total. The number of thioether (sulfide) groups is 1. The van der Waals surface area contributed by atoms with Crippen LogP contribution in [-0.4, -0.2) is 27.8 Å². The molecule has 4 aromatic rings. The number of hydrogen-bond acceptors (Lipinski definition) is 4. The fraction of sp³-hybridized carbons (Fsp3) is 0.120. The number of rotatable bonds is 8. The third kappa shape index (κ3) is 5.95. The number of halogens is 3. The first-order valence-electron chi connectivity index (χ1n) is 10.3. The Hall–Kier alpha value is -3.36. The predicted molar refractivity (Wildman–Crippen MR) is 131 cm³/mol. The van der Waals surface area contributed by atoms with Gasteiger partial charge < -0.3 is 10.1 Å². The van der Waals surface area contributed by atoms with Crippen molar-refractivity contribution in [2.24, 2.45) is 0 Å². The molecule has 34 heavy (non-hydrogen) atoms. The molecule has 0 bridgehead atoms. The largest absolute Gasteiger partial charge is 0.435 e. The zero-order valence-corrected chi connectivity index (χ0v) is 19.6. The van der Waals surface area contributed by atoms with E-state index in [2.05, 4.69) is 15.0 Å². The summed E-state index contributed by atoms with van der Waals surface area (Å²) in [6, 6.07) is 21.1. The molecule has 0 aliphatic rings. The molecule has 3 aromatic carbocycles. The molecule has 0 atom stereocenters. The first-order chi connectivity index (χ1) is 16.4. The second-order valence-corrected chi connectivity index (χ2v) is 8.72. The van der Waals surface area contributed by atoms with Crippen molar-refractivity contribution in [1.82, 2.24) is 9.55 Å². The third-order valence-electron chi connectivity index (χ3n) is 4.86. The van der Waals surface area contributed by atoms with Crippen LogP contribution in [0.5, 0.6) is 5.75 Å². The number of benzene rings is 3. The quantitative estimate of drug-likeness (QED) is 0.270. The molecule has 174 valence electrons. The molecular formula is C25H20ClF2N3O2S. The Bertz CT molecular complexity index is 1260. The summed E-state index contributed by atoms with van der Waals surface area (Å²) in [4.78, 5) is 17.0. The number of imidazole rings is 1. The van der Waals surface area contributed by atoms with Gasteiger partial charge in [-0.15, -0.1) is 0 Å². The number of aromatic nitrogens is 2. The molecule has 0 unspecified atom stereocenters. The van der Waals surface area contributed by atoms with Gasteiger partial charge in [0.25, 0.3) is 0 Å². The number of aryl methyl sites for hydroxylation is 1. The molecular weight excluding hydrogens is 480 g/mol. The van der Waals surface area contributed by atoms with E-state index in [0.29, 0.717) is 21.6 Å². The highest BCUT2D eigenvalue weighted by molar-refractivity contribution is 7.99. The number of nitrogens with one attached hydrogen (secondary N) is 1. The highest BCUT2D eigenvalue weighted by atomic mass is 35.5. The Balaban J connectivity index is 1.59. The van der Waals surface area contributed by atoms with Gasteiger partial charge in [-0.1, -0.05) is 53.2 Å². The van der Waals surface area contributed by atoms with Gasteiger partial charge >= 0.3 is 6.61 Å². The van der Waals surface area contributed by atoms with Crippen LogP contribution in [0.25, 0.3) is 16.9 Å². The molecule has 1 amide bonds. The van der Waals surface area contributed by atoms with Crippen molar-refractivity contribution in [2.45, 2.75) is 18.7 Å². The van der Waals surface area contributed by atoms with Crippen LogP contribution in [0.3, 0.4) is 0 Å². The van der Waals surface area contributed by atoms with E-state index >= 15 is 0 Å². The number of carbonyl (C=O) groups is 1. The van der Waals surface area contributed by atoms with Crippen LogP contribution in [0, 0.1) is 6.92 Å². The Labute approximate surface area is 204 Å². The monoisotopic (exact) mass is 499 g/mol. The Kier molecular flexibility index (Phi) is 7.49. The maximum absolute atomic E-state index is 12.5. The molecule has 4 rings (SSSR count). The zero-order chi connectivity index (χ0) is 24.1. The average molecular weight is 500 g/mol. The Morgan fingerprint density at radius 3 is 2.38 bits per heavy atom. The Morgan fingerprint density at radius 1 is 1.06 bits per heavy atom. The van der Waals surface area contributed by atoms with Gasteiger partial charge in [-0.3, -0.25) is 9.36 Å². The summed E-state index contributed by atoms with van der Waals surface area (Å²) in [6.07, 6.45) is 1.73. The fourth-order valence-corrected chi connectivity index (χ4v) is 4.17. The lowest BCUT2D eigenvalue weighted by molar-refractivity contribution is -0.113. The molecule has 9 heteroatoms. The second-order valence-electron chi connectivity index (χ2n) is 7.34. The van der Waals surface area contributed by atoms with Crippen LogP contribution in [0.4, 0.5) is 14.5 Å². The number of ether oxygens (including phenoxy) is 1.